The number of para-hydroxylation sites is 1. The molecule has 2 fully saturated rings. The Morgan fingerprint density at radius 1 is 1.13 bits per heavy atom. The number of nitrogens with zero attached hydrogens (tertiary/aromatic N) is 1. The fourth-order valence-corrected chi connectivity index (χ4v) is 3.86. The molecule has 7 nitrogen and oxygen atoms in total. The number of benzene rings is 2. The van der Waals surface area contributed by atoms with Crippen molar-refractivity contribution in [1.29, 1.82) is 0 Å². The van der Waals surface area contributed by atoms with Gasteiger partial charge in [0.1, 0.15) is 23.8 Å². The zero-order valence-electron chi connectivity index (χ0n) is 17.2. The van der Waals surface area contributed by atoms with E-state index >= 15 is 0 Å². The van der Waals surface area contributed by atoms with E-state index < -0.39 is 6.04 Å². The molecule has 2 aliphatic rings. The average molecular weight is 409 g/mol. The van der Waals surface area contributed by atoms with Gasteiger partial charge in [0.15, 0.2) is 0 Å². The van der Waals surface area contributed by atoms with Crippen molar-refractivity contribution in [3.8, 4) is 11.5 Å². The Morgan fingerprint density at radius 2 is 1.77 bits per heavy atom. The third kappa shape index (κ3) is 4.86. The van der Waals surface area contributed by atoms with E-state index in [1.165, 1.54) is 0 Å². The van der Waals surface area contributed by atoms with Crippen LogP contribution in [0.2, 0.25) is 0 Å². The highest BCUT2D eigenvalue weighted by Crippen LogP contribution is 2.58. The lowest BCUT2D eigenvalue weighted by atomic mass is 10.0. The molecular weight excluding hydrogens is 382 g/mol. The van der Waals surface area contributed by atoms with Crippen molar-refractivity contribution in [1.82, 2.24) is 10.2 Å². The molecule has 3 atom stereocenters. The van der Waals surface area contributed by atoms with Crippen molar-refractivity contribution in [2.75, 3.05) is 13.6 Å². The van der Waals surface area contributed by atoms with Crippen LogP contribution in [0.5, 0.6) is 11.5 Å². The van der Waals surface area contributed by atoms with Crippen LogP contribution in [0.3, 0.4) is 0 Å². The number of carbonyl (C=O) groups excluding carboxylic acids is 3. The number of likely N-dealkylation sites (tertiary alicyclic amines) is 1. The van der Waals surface area contributed by atoms with Gasteiger partial charge in [-0.05, 0) is 61.7 Å². The first kappa shape index (κ1) is 21.5. The standard InChI is InChI=1S/C13H10O2.C10H17N3O2/c14-10-11-6-8-13(9-7-11)15-12-4-2-1-3-5-12;1-10-3-6(9(11)15)13(7(10)4-10)8(14)5-12-2/h1-10H;6-7,12H,3-5H2,1-2H3,(H2,11,15)/t;6?,7?,10-/m.1/s1. The predicted octanol–water partition coefficient (Wildman–Crippen LogP) is 2.36. The number of rotatable bonds is 6. The van der Waals surface area contributed by atoms with Crippen LogP contribution >= 0.6 is 0 Å². The number of primary amides is 1. The van der Waals surface area contributed by atoms with Gasteiger partial charge in [-0.1, -0.05) is 25.1 Å². The maximum absolute atomic E-state index is 11.8. The Morgan fingerprint density at radius 3 is 2.33 bits per heavy atom. The van der Waals surface area contributed by atoms with Crippen LogP contribution < -0.4 is 15.8 Å². The second kappa shape index (κ2) is 9.09. The minimum absolute atomic E-state index is 0.0208. The van der Waals surface area contributed by atoms with E-state index in [1.807, 2.05) is 30.3 Å². The Bertz CT molecular complexity index is 900. The minimum Gasteiger partial charge on any atom is -0.457 e. The summed E-state index contributed by atoms with van der Waals surface area (Å²) in [6, 6.07) is 16.4. The van der Waals surface area contributed by atoms with Gasteiger partial charge in [-0.3, -0.25) is 14.4 Å². The number of hydrogen-bond donors (Lipinski definition) is 2. The average Bonchev–Trinajstić information content (AvgIpc) is 3.30. The van der Waals surface area contributed by atoms with Gasteiger partial charge >= 0.3 is 0 Å². The molecule has 2 aromatic rings. The summed E-state index contributed by atoms with van der Waals surface area (Å²) < 4.78 is 5.56. The van der Waals surface area contributed by atoms with Crippen LogP contribution in [0, 0.1) is 5.41 Å². The number of hydrogen-bond acceptors (Lipinski definition) is 5. The van der Waals surface area contributed by atoms with Crippen molar-refractivity contribution in [3.63, 3.8) is 0 Å². The van der Waals surface area contributed by atoms with Crippen LogP contribution in [0.15, 0.2) is 54.6 Å². The molecule has 30 heavy (non-hydrogen) atoms. The highest BCUT2D eigenvalue weighted by Gasteiger charge is 2.63. The molecular formula is C23H27N3O4. The number of nitrogens with two attached hydrogens (primary N) is 1. The first-order valence-electron chi connectivity index (χ1n) is 9.91. The van der Waals surface area contributed by atoms with Gasteiger partial charge in [0, 0.05) is 11.6 Å². The van der Waals surface area contributed by atoms with Crippen LogP contribution in [0.4, 0.5) is 0 Å². The SMILES string of the molecule is CNCC(=O)N1C(C(N)=O)C[C@]2(C)CC12.O=Cc1ccc(Oc2ccccc2)cc1. The lowest BCUT2D eigenvalue weighted by molar-refractivity contribution is -0.137. The molecule has 3 N–H and O–H groups in total. The van der Waals surface area contributed by atoms with Crippen LogP contribution in [-0.4, -0.2) is 48.7 Å². The topological polar surface area (TPSA) is 102 Å². The van der Waals surface area contributed by atoms with Gasteiger partial charge in [0.2, 0.25) is 11.8 Å². The van der Waals surface area contributed by atoms with E-state index in [0.29, 0.717) is 5.56 Å². The number of aldehydes is 1. The fraction of sp³-hybridized carbons (Fsp3) is 0.348. The Kier molecular flexibility index (Phi) is 6.52. The third-order valence-electron chi connectivity index (χ3n) is 5.57. The lowest BCUT2D eigenvalue weighted by Gasteiger charge is -2.25. The molecule has 1 saturated heterocycles. The smallest absolute Gasteiger partial charge is 0.240 e. The normalized spacial score (nSPS) is 23.6. The molecule has 0 bridgehead atoms. The maximum Gasteiger partial charge on any atom is 0.240 e. The van der Waals surface area contributed by atoms with Gasteiger partial charge in [0.05, 0.1) is 6.54 Å². The molecule has 1 heterocycles. The van der Waals surface area contributed by atoms with E-state index in [0.717, 1.165) is 30.6 Å². The first-order valence-corrected chi connectivity index (χ1v) is 9.91. The van der Waals surface area contributed by atoms with Crippen molar-refractivity contribution in [2.24, 2.45) is 11.1 Å². The molecule has 2 unspecified atom stereocenters. The van der Waals surface area contributed by atoms with Gasteiger partial charge < -0.3 is 20.7 Å². The van der Waals surface area contributed by atoms with Gasteiger partial charge in [-0.2, -0.15) is 0 Å². The molecule has 4 rings (SSSR count). The summed E-state index contributed by atoms with van der Waals surface area (Å²) in [5.74, 6) is 1.11. The molecule has 0 radical (unpaired) electrons. The fourth-order valence-electron chi connectivity index (χ4n) is 3.86. The number of amides is 2. The van der Waals surface area contributed by atoms with Crippen LogP contribution in [-0.2, 0) is 9.59 Å². The highest BCUT2D eigenvalue weighted by atomic mass is 16.5. The zero-order chi connectivity index (χ0) is 21.7. The Balaban J connectivity index is 0.000000171. The molecule has 7 heteroatoms. The largest absolute Gasteiger partial charge is 0.457 e. The van der Waals surface area contributed by atoms with Crippen molar-refractivity contribution < 1.29 is 19.1 Å². The first-order chi connectivity index (χ1) is 14.4. The third-order valence-corrected chi connectivity index (χ3v) is 5.57. The molecule has 2 amide bonds. The van der Waals surface area contributed by atoms with Gasteiger partial charge in [0.25, 0.3) is 0 Å². The maximum atomic E-state index is 11.8. The molecule has 1 saturated carbocycles. The molecule has 1 aliphatic carbocycles. The number of nitrogens with one attached hydrogen (secondary N) is 1. The summed E-state index contributed by atoms with van der Waals surface area (Å²) in [4.78, 5) is 35.1. The lowest BCUT2D eigenvalue weighted by Crippen LogP contribution is -2.48. The number of fused-ring (bicyclic) bond motifs is 1. The Hall–Kier alpha value is -3.19. The number of carbonyl (C=O) groups is 3. The van der Waals surface area contributed by atoms with Gasteiger partial charge in [-0.25, -0.2) is 0 Å². The van der Waals surface area contributed by atoms with Crippen LogP contribution in [0.25, 0.3) is 0 Å². The quantitative estimate of drug-likeness (QED) is 0.713. The Labute approximate surface area is 176 Å². The van der Waals surface area contributed by atoms with Crippen molar-refractivity contribution in [2.45, 2.75) is 31.8 Å². The molecule has 0 spiro atoms. The number of piperidine rings is 1. The zero-order valence-corrected chi connectivity index (χ0v) is 17.2. The van der Waals surface area contributed by atoms with E-state index in [-0.39, 0.29) is 29.8 Å². The van der Waals surface area contributed by atoms with E-state index in [4.69, 9.17) is 10.5 Å². The summed E-state index contributed by atoms with van der Waals surface area (Å²) >= 11 is 0. The minimum atomic E-state index is -0.394. The van der Waals surface area contributed by atoms with Crippen molar-refractivity contribution >= 4 is 18.1 Å². The molecule has 1 aliphatic heterocycles. The summed E-state index contributed by atoms with van der Waals surface area (Å²) in [6.45, 7) is 2.39. The molecule has 0 aromatic heterocycles. The van der Waals surface area contributed by atoms with Crippen LogP contribution in [0.1, 0.15) is 30.1 Å². The number of likely N-dealkylation sites (N-methyl/N-ethyl adjacent to an activating group) is 1. The summed E-state index contributed by atoms with van der Waals surface area (Å²) in [6.07, 6.45) is 2.54. The molecule has 158 valence electrons. The van der Waals surface area contributed by atoms with Gasteiger partial charge in [-0.15, -0.1) is 0 Å². The second-order valence-corrected chi connectivity index (χ2v) is 7.93. The van der Waals surface area contributed by atoms with E-state index in [9.17, 15) is 14.4 Å². The second-order valence-electron chi connectivity index (χ2n) is 7.93. The predicted molar refractivity (Wildman–Crippen MR) is 113 cm³/mol. The molecule has 2 aromatic carbocycles. The highest BCUT2D eigenvalue weighted by molar-refractivity contribution is 5.89. The van der Waals surface area contributed by atoms with E-state index in [2.05, 4.69) is 12.2 Å². The summed E-state index contributed by atoms with van der Waals surface area (Å²) in [5, 5.41) is 2.81. The van der Waals surface area contributed by atoms with Crippen molar-refractivity contribution in [3.05, 3.63) is 60.2 Å². The van der Waals surface area contributed by atoms with E-state index in [1.54, 1.807) is 36.2 Å². The summed E-state index contributed by atoms with van der Waals surface area (Å²) in [7, 11) is 1.72. The monoisotopic (exact) mass is 409 g/mol. The number of ether oxygens (including phenoxy) is 1. The summed E-state index contributed by atoms with van der Waals surface area (Å²) in [5.41, 5.74) is 6.10.